The second kappa shape index (κ2) is 4.76. The maximum Gasteiger partial charge on any atom is 0.161 e. The average molecular weight is 253 g/mol. The lowest BCUT2D eigenvalue weighted by Crippen LogP contribution is -1.95. The van der Waals surface area contributed by atoms with Crippen LogP contribution in [0.1, 0.15) is 11.4 Å². The van der Waals surface area contributed by atoms with Gasteiger partial charge in [-0.15, -0.1) is 0 Å². The summed E-state index contributed by atoms with van der Waals surface area (Å²) in [5.74, 6) is 0. The summed E-state index contributed by atoms with van der Waals surface area (Å²) in [7, 11) is 0. The van der Waals surface area contributed by atoms with Gasteiger partial charge < -0.3 is 0 Å². The Balaban J connectivity index is 2.32. The molecular formula is C10H9ClN4S. The van der Waals surface area contributed by atoms with Crippen LogP contribution in [0.3, 0.4) is 0 Å². The van der Waals surface area contributed by atoms with Gasteiger partial charge in [-0.25, -0.2) is 19.9 Å². The molecule has 0 amide bonds. The Morgan fingerprint density at radius 2 is 1.94 bits per heavy atom. The summed E-state index contributed by atoms with van der Waals surface area (Å²) in [6, 6.07) is 1.80. The first kappa shape index (κ1) is 11.3. The Labute approximate surface area is 103 Å². The minimum atomic E-state index is 0.409. The van der Waals surface area contributed by atoms with E-state index in [1.807, 2.05) is 13.8 Å². The van der Waals surface area contributed by atoms with Gasteiger partial charge in [-0.05, 0) is 31.7 Å². The second-order valence-electron chi connectivity index (χ2n) is 3.14. The summed E-state index contributed by atoms with van der Waals surface area (Å²) in [5, 5.41) is 1.88. The van der Waals surface area contributed by atoms with Crippen molar-refractivity contribution in [1.82, 2.24) is 19.9 Å². The van der Waals surface area contributed by atoms with Crippen LogP contribution in [0, 0.1) is 13.8 Å². The molecule has 2 aromatic rings. The fourth-order valence-electron chi connectivity index (χ4n) is 1.06. The summed E-state index contributed by atoms with van der Waals surface area (Å²) >= 11 is 7.39. The highest BCUT2D eigenvalue weighted by molar-refractivity contribution is 7.99. The smallest absolute Gasteiger partial charge is 0.161 e. The number of nitrogens with zero attached hydrogens (tertiary/aromatic N) is 4. The molecule has 0 saturated carbocycles. The van der Waals surface area contributed by atoms with Crippen LogP contribution < -0.4 is 0 Å². The van der Waals surface area contributed by atoms with Gasteiger partial charge in [-0.2, -0.15) is 0 Å². The van der Waals surface area contributed by atoms with Gasteiger partial charge >= 0.3 is 0 Å². The molecule has 6 heteroatoms. The topological polar surface area (TPSA) is 51.6 Å². The molecule has 0 aliphatic carbocycles. The number of hydrogen-bond acceptors (Lipinski definition) is 5. The van der Waals surface area contributed by atoms with Crippen molar-refractivity contribution in [2.24, 2.45) is 0 Å². The Hall–Kier alpha value is -1.20. The summed E-state index contributed by atoms with van der Waals surface area (Å²) in [5.41, 5.74) is 1.72. The van der Waals surface area contributed by atoms with Crippen molar-refractivity contribution < 1.29 is 0 Å². The number of halogens is 1. The molecule has 2 heterocycles. The Kier molecular flexibility index (Phi) is 3.36. The minimum Gasteiger partial charge on any atom is -0.245 e. The molecule has 16 heavy (non-hydrogen) atoms. The van der Waals surface area contributed by atoms with E-state index in [4.69, 9.17) is 11.6 Å². The van der Waals surface area contributed by atoms with Crippen LogP contribution in [-0.4, -0.2) is 19.9 Å². The van der Waals surface area contributed by atoms with E-state index in [-0.39, 0.29) is 0 Å². The summed E-state index contributed by atoms with van der Waals surface area (Å²) < 4.78 is 0. The molecule has 82 valence electrons. The van der Waals surface area contributed by atoms with E-state index >= 15 is 0 Å². The van der Waals surface area contributed by atoms with Crippen LogP contribution in [0.15, 0.2) is 28.6 Å². The highest BCUT2D eigenvalue weighted by Crippen LogP contribution is 2.29. The lowest BCUT2D eigenvalue weighted by molar-refractivity contribution is 0.951. The van der Waals surface area contributed by atoms with Crippen molar-refractivity contribution in [2.75, 3.05) is 0 Å². The molecule has 0 spiro atoms. The molecule has 0 unspecified atom stereocenters. The fourth-order valence-corrected chi connectivity index (χ4v) is 2.08. The number of aromatic nitrogens is 4. The second-order valence-corrected chi connectivity index (χ2v) is 4.51. The van der Waals surface area contributed by atoms with Crippen LogP contribution in [-0.2, 0) is 0 Å². The van der Waals surface area contributed by atoms with E-state index in [2.05, 4.69) is 19.9 Å². The van der Waals surface area contributed by atoms with Crippen LogP contribution in [0.4, 0.5) is 0 Å². The van der Waals surface area contributed by atoms with E-state index in [0.29, 0.717) is 10.2 Å². The van der Waals surface area contributed by atoms with Crippen LogP contribution in [0.2, 0.25) is 5.15 Å². The molecule has 2 rings (SSSR count). The minimum absolute atomic E-state index is 0.409. The van der Waals surface area contributed by atoms with Crippen molar-refractivity contribution in [3.8, 4) is 0 Å². The van der Waals surface area contributed by atoms with Crippen molar-refractivity contribution in [2.45, 2.75) is 23.9 Å². The first-order chi connectivity index (χ1) is 7.66. The van der Waals surface area contributed by atoms with Gasteiger partial charge in [0.2, 0.25) is 0 Å². The zero-order chi connectivity index (χ0) is 11.5. The van der Waals surface area contributed by atoms with Crippen LogP contribution in [0.25, 0.3) is 0 Å². The molecular weight excluding hydrogens is 244 g/mol. The first-order valence-corrected chi connectivity index (χ1v) is 5.81. The van der Waals surface area contributed by atoms with E-state index in [1.165, 1.54) is 18.1 Å². The highest BCUT2D eigenvalue weighted by atomic mass is 35.5. The fraction of sp³-hybridized carbons (Fsp3) is 0.200. The molecule has 0 aromatic carbocycles. The third-order valence-corrected chi connectivity index (χ3v) is 3.30. The molecule has 0 radical (unpaired) electrons. The van der Waals surface area contributed by atoms with Gasteiger partial charge in [0.25, 0.3) is 0 Å². The molecule has 0 aliphatic rings. The quantitative estimate of drug-likeness (QED) is 0.769. The predicted molar refractivity (Wildman–Crippen MR) is 62.7 cm³/mol. The van der Waals surface area contributed by atoms with E-state index < -0.39 is 0 Å². The Morgan fingerprint density at radius 1 is 1.19 bits per heavy atom. The molecule has 0 bridgehead atoms. The van der Waals surface area contributed by atoms with E-state index in [0.717, 1.165) is 16.4 Å². The third-order valence-electron chi connectivity index (χ3n) is 1.99. The zero-order valence-electron chi connectivity index (χ0n) is 8.81. The molecule has 0 aliphatic heterocycles. The molecule has 0 N–H and O–H groups in total. The summed E-state index contributed by atoms with van der Waals surface area (Å²) in [6.45, 7) is 3.79. The van der Waals surface area contributed by atoms with Crippen LogP contribution in [0.5, 0.6) is 0 Å². The number of hydrogen-bond donors (Lipinski definition) is 0. The van der Waals surface area contributed by atoms with Crippen LogP contribution >= 0.6 is 23.4 Å². The maximum atomic E-state index is 6.01. The molecule has 2 aromatic heterocycles. The van der Waals surface area contributed by atoms with E-state index in [9.17, 15) is 0 Å². The van der Waals surface area contributed by atoms with Gasteiger partial charge in [0.15, 0.2) is 5.15 Å². The Morgan fingerprint density at radius 3 is 2.62 bits per heavy atom. The van der Waals surface area contributed by atoms with E-state index in [1.54, 1.807) is 12.3 Å². The molecule has 0 fully saturated rings. The van der Waals surface area contributed by atoms with Gasteiger partial charge in [-0.3, -0.25) is 0 Å². The van der Waals surface area contributed by atoms with Gasteiger partial charge in [-0.1, -0.05) is 11.6 Å². The SMILES string of the molecule is Cc1nc(Cl)c(Sc2ccncn2)nc1C. The monoisotopic (exact) mass is 252 g/mol. The molecule has 4 nitrogen and oxygen atoms in total. The van der Waals surface area contributed by atoms with Crippen molar-refractivity contribution in [1.29, 1.82) is 0 Å². The first-order valence-electron chi connectivity index (χ1n) is 4.61. The largest absolute Gasteiger partial charge is 0.245 e. The summed E-state index contributed by atoms with van der Waals surface area (Å²) in [6.07, 6.45) is 3.17. The predicted octanol–water partition coefficient (Wildman–Crippen LogP) is 2.69. The standard InChI is InChI=1S/C10H9ClN4S/c1-6-7(2)15-10(9(11)14-6)16-8-3-4-12-5-13-8/h3-5H,1-2H3. The normalized spacial score (nSPS) is 10.4. The van der Waals surface area contributed by atoms with Gasteiger partial charge in [0.05, 0.1) is 11.4 Å². The number of aryl methyl sites for hydroxylation is 2. The summed E-state index contributed by atoms with van der Waals surface area (Å²) in [4.78, 5) is 16.5. The average Bonchev–Trinajstić information content (AvgIpc) is 2.27. The van der Waals surface area contributed by atoms with Gasteiger partial charge in [0.1, 0.15) is 16.4 Å². The zero-order valence-corrected chi connectivity index (χ0v) is 10.4. The van der Waals surface area contributed by atoms with Crippen molar-refractivity contribution >= 4 is 23.4 Å². The third kappa shape index (κ3) is 2.48. The maximum absolute atomic E-state index is 6.01. The molecule has 0 atom stereocenters. The lowest BCUT2D eigenvalue weighted by atomic mass is 10.4. The lowest BCUT2D eigenvalue weighted by Gasteiger charge is -2.04. The molecule has 0 saturated heterocycles. The van der Waals surface area contributed by atoms with Crippen molar-refractivity contribution in [3.63, 3.8) is 0 Å². The Bertz CT molecular complexity index is 504. The highest BCUT2D eigenvalue weighted by Gasteiger charge is 2.09. The number of rotatable bonds is 2. The van der Waals surface area contributed by atoms with Crippen molar-refractivity contribution in [3.05, 3.63) is 35.1 Å². The van der Waals surface area contributed by atoms with Gasteiger partial charge in [0, 0.05) is 6.20 Å².